The van der Waals surface area contributed by atoms with Crippen molar-refractivity contribution in [1.29, 1.82) is 0 Å². The predicted molar refractivity (Wildman–Crippen MR) is 92.5 cm³/mol. The average Bonchev–Trinajstić information content (AvgIpc) is 2.48. The van der Waals surface area contributed by atoms with Crippen LogP contribution < -0.4 is 15.5 Å². The number of carbonyl (C=O) groups is 1. The molecule has 1 fully saturated rings. The first kappa shape index (κ1) is 16.8. The summed E-state index contributed by atoms with van der Waals surface area (Å²) >= 11 is 0. The quantitative estimate of drug-likeness (QED) is 0.838. The Morgan fingerprint density at radius 1 is 1.14 bits per heavy atom. The second kappa shape index (κ2) is 8.15. The van der Waals surface area contributed by atoms with E-state index in [1.807, 2.05) is 12.1 Å². The van der Waals surface area contributed by atoms with E-state index in [4.69, 9.17) is 0 Å². The molecule has 0 bridgehead atoms. The molecular weight excluding hydrogens is 276 g/mol. The van der Waals surface area contributed by atoms with E-state index in [0.717, 1.165) is 38.4 Å². The minimum absolute atomic E-state index is 0.00740. The third-order valence-corrected chi connectivity index (χ3v) is 3.86. The van der Waals surface area contributed by atoms with Gasteiger partial charge in [-0.2, -0.15) is 0 Å². The van der Waals surface area contributed by atoms with Gasteiger partial charge in [-0.1, -0.05) is 13.8 Å². The summed E-state index contributed by atoms with van der Waals surface area (Å²) in [5.41, 5.74) is 2.08. The van der Waals surface area contributed by atoms with E-state index in [2.05, 4.69) is 53.5 Å². The zero-order valence-electron chi connectivity index (χ0n) is 13.9. The SMILES string of the molecule is CC(C)CNCC(=O)Nc1ccc(N2CCN(C)CC2)cc1. The predicted octanol–water partition coefficient (Wildman–Crippen LogP) is 1.62. The molecule has 0 saturated carbocycles. The van der Waals surface area contributed by atoms with Crippen molar-refractivity contribution in [2.24, 2.45) is 5.92 Å². The van der Waals surface area contributed by atoms with Crippen molar-refractivity contribution in [2.75, 3.05) is 56.5 Å². The minimum Gasteiger partial charge on any atom is -0.369 e. The van der Waals surface area contributed by atoms with E-state index in [9.17, 15) is 4.79 Å². The topological polar surface area (TPSA) is 47.6 Å². The highest BCUT2D eigenvalue weighted by Crippen LogP contribution is 2.19. The van der Waals surface area contributed by atoms with Crippen molar-refractivity contribution in [3.8, 4) is 0 Å². The van der Waals surface area contributed by atoms with Gasteiger partial charge < -0.3 is 20.4 Å². The molecule has 1 saturated heterocycles. The fourth-order valence-electron chi connectivity index (χ4n) is 2.50. The smallest absolute Gasteiger partial charge is 0.238 e. The molecule has 1 aliphatic rings. The molecule has 1 aromatic carbocycles. The van der Waals surface area contributed by atoms with Crippen LogP contribution in [0.1, 0.15) is 13.8 Å². The molecule has 1 heterocycles. The van der Waals surface area contributed by atoms with Crippen LogP contribution in [0.4, 0.5) is 11.4 Å². The van der Waals surface area contributed by atoms with Gasteiger partial charge in [-0.05, 0) is 43.8 Å². The van der Waals surface area contributed by atoms with Crippen molar-refractivity contribution in [1.82, 2.24) is 10.2 Å². The maximum Gasteiger partial charge on any atom is 0.238 e. The normalized spacial score (nSPS) is 16.1. The first-order chi connectivity index (χ1) is 10.5. The second-order valence-corrected chi connectivity index (χ2v) is 6.41. The second-order valence-electron chi connectivity index (χ2n) is 6.41. The first-order valence-electron chi connectivity index (χ1n) is 8.08. The maximum absolute atomic E-state index is 11.8. The summed E-state index contributed by atoms with van der Waals surface area (Å²) in [5.74, 6) is 0.559. The van der Waals surface area contributed by atoms with Gasteiger partial charge in [0.05, 0.1) is 6.54 Å². The lowest BCUT2D eigenvalue weighted by Gasteiger charge is -2.34. The van der Waals surface area contributed by atoms with E-state index < -0.39 is 0 Å². The van der Waals surface area contributed by atoms with Crippen LogP contribution in [-0.4, -0.2) is 57.1 Å². The van der Waals surface area contributed by atoms with Gasteiger partial charge >= 0.3 is 0 Å². The summed E-state index contributed by atoms with van der Waals surface area (Å²) in [7, 11) is 2.16. The number of piperazine rings is 1. The van der Waals surface area contributed by atoms with Crippen LogP contribution in [0.3, 0.4) is 0 Å². The zero-order chi connectivity index (χ0) is 15.9. The van der Waals surface area contributed by atoms with E-state index in [0.29, 0.717) is 12.5 Å². The van der Waals surface area contributed by atoms with Crippen LogP contribution in [0.25, 0.3) is 0 Å². The molecule has 1 aromatic rings. The molecule has 0 aliphatic carbocycles. The molecule has 0 radical (unpaired) electrons. The number of likely N-dealkylation sites (N-methyl/N-ethyl adjacent to an activating group) is 1. The number of anilines is 2. The van der Waals surface area contributed by atoms with Gasteiger partial charge in [0.2, 0.25) is 5.91 Å². The lowest BCUT2D eigenvalue weighted by molar-refractivity contribution is -0.115. The Kier molecular flexibility index (Phi) is 6.21. The van der Waals surface area contributed by atoms with Gasteiger partial charge in [0.15, 0.2) is 0 Å². The molecule has 0 unspecified atom stereocenters. The van der Waals surface area contributed by atoms with Gasteiger partial charge in [0.1, 0.15) is 0 Å². The monoisotopic (exact) mass is 304 g/mol. The average molecular weight is 304 g/mol. The van der Waals surface area contributed by atoms with Crippen molar-refractivity contribution in [3.05, 3.63) is 24.3 Å². The van der Waals surface area contributed by atoms with Crippen LogP contribution >= 0.6 is 0 Å². The van der Waals surface area contributed by atoms with Crippen molar-refractivity contribution < 1.29 is 4.79 Å². The van der Waals surface area contributed by atoms with E-state index in [-0.39, 0.29) is 5.91 Å². The molecule has 0 atom stereocenters. The Morgan fingerprint density at radius 2 is 1.77 bits per heavy atom. The molecule has 5 heteroatoms. The Labute approximate surface area is 133 Å². The maximum atomic E-state index is 11.8. The van der Waals surface area contributed by atoms with Crippen LogP contribution in [0.15, 0.2) is 24.3 Å². The lowest BCUT2D eigenvalue weighted by Crippen LogP contribution is -2.44. The van der Waals surface area contributed by atoms with Gasteiger partial charge in [-0.15, -0.1) is 0 Å². The largest absolute Gasteiger partial charge is 0.369 e. The molecule has 1 amide bonds. The summed E-state index contributed by atoms with van der Waals surface area (Å²) < 4.78 is 0. The van der Waals surface area contributed by atoms with Crippen LogP contribution in [0.2, 0.25) is 0 Å². The van der Waals surface area contributed by atoms with Crippen molar-refractivity contribution in [2.45, 2.75) is 13.8 Å². The summed E-state index contributed by atoms with van der Waals surface area (Å²) in [4.78, 5) is 16.6. The van der Waals surface area contributed by atoms with Crippen LogP contribution in [-0.2, 0) is 4.79 Å². The number of nitrogens with zero attached hydrogens (tertiary/aromatic N) is 2. The highest BCUT2D eigenvalue weighted by atomic mass is 16.1. The van der Waals surface area contributed by atoms with Gasteiger partial charge in [-0.25, -0.2) is 0 Å². The van der Waals surface area contributed by atoms with Crippen molar-refractivity contribution in [3.63, 3.8) is 0 Å². The summed E-state index contributed by atoms with van der Waals surface area (Å²) in [6.45, 7) is 9.78. The third kappa shape index (κ3) is 5.31. The number of carbonyl (C=O) groups excluding carboxylic acids is 1. The standard InChI is InChI=1S/C17H28N4O/c1-14(2)12-18-13-17(22)19-15-4-6-16(7-5-15)21-10-8-20(3)9-11-21/h4-7,14,18H,8-13H2,1-3H3,(H,19,22). The molecule has 1 aliphatic heterocycles. The molecule has 5 nitrogen and oxygen atoms in total. The van der Waals surface area contributed by atoms with Crippen LogP contribution in [0.5, 0.6) is 0 Å². The van der Waals surface area contributed by atoms with E-state index in [1.54, 1.807) is 0 Å². The Hall–Kier alpha value is -1.59. The molecule has 122 valence electrons. The third-order valence-electron chi connectivity index (χ3n) is 3.86. The zero-order valence-corrected chi connectivity index (χ0v) is 13.9. The molecule has 22 heavy (non-hydrogen) atoms. The van der Waals surface area contributed by atoms with Gasteiger partial charge in [0, 0.05) is 37.6 Å². The van der Waals surface area contributed by atoms with Crippen LogP contribution in [0, 0.1) is 5.92 Å². The number of hydrogen-bond acceptors (Lipinski definition) is 4. The lowest BCUT2D eigenvalue weighted by atomic mass is 10.2. The number of benzene rings is 1. The fraction of sp³-hybridized carbons (Fsp3) is 0.588. The summed E-state index contributed by atoms with van der Waals surface area (Å²) in [6.07, 6.45) is 0. The highest BCUT2D eigenvalue weighted by Gasteiger charge is 2.14. The fourth-order valence-corrected chi connectivity index (χ4v) is 2.50. The number of rotatable bonds is 6. The van der Waals surface area contributed by atoms with E-state index >= 15 is 0 Å². The molecule has 2 rings (SSSR count). The first-order valence-corrected chi connectivity index (χ1v) is 8.08. The van der Waals surface area contributed by atoms with Crippen molar-refractivity contribution >= 4 is 17.3 Å². The summed E-state index contributed by atoms with van der Waals surface area (Å²) in [5, 5.41) is 6.07. The number of hydrogen-bond donors (Lipinski definition) is 2. The Bertz CT molecular complexity index is 464. The minimum atomic E-state index is 0.00740. The molecule has 0 aromatic heterocycles. The number of amides is 1. The van der Waals surface area contributed by atoms with E-state index in [1.165, 1.54) is 5.69 Å². The summed E-state index contributed by atoms with van der Waals surface area (Å²) in [6, 6.07) is 8.13. The number of nitrogens with one attached hydrogen (secondary N) is 2. The molecule has 2 N–H and O–H groups in total. The van der Waals surface area contributed by atoms with Gasteiger partial charge in [-0.3, -0.25) is 4.79 Å². The molecular formula is C17H28N4O. The Morgan fingerprint density at radius 3 is 2.36 bits per heavy atom. The molecule has 0 spiro atoms. The Balaban J connectivity index is 1.80. The van der Waals surface area contributed by atoms with Gasteiger partial charge in [0.25, 0.3) is 0 Å². The highest BCUT2D eigenvalue weighted by molar-refractivity contribution is 5.92.